The van der Waals surface area contributed by atoms with Gasteiger partial charge >= 0.3 is 0 Å². The average molecular weight is 563 g/mol. The van der Waals surface area contributed by atoms with E-state index in [-0.39, 0.29) is 29.1 Å². The third-order valence-corrected chi connectivity index (χ3v) is 8.16. The number of carbonyl (C=O) groups is 1. The van der Waals surface area contributed by atoms with Crippen LogP contribution in [0.15, 0.2) is 36.4 Å². The van der Waals surface area contributed by atoms with E-state index in [9.17, 15) is 15.0 Å². The maximum Gasteiger partial charge on any atom is 0.289 e. The van der Waals surface area contributed by atoms with Gasteiger partial charge in [0.05, 0.1) is 5.56 Å². The summed E-state index contributed by atoms with van der Waals surface area (Å²) in [6.45, 7) is 13.1. The number of rotatable bonds is 8. The topological polar surface area (TPSA) is 113 Å². The lowest BCUT2D eigenvalue weighted by molar-refractivity contribution is 0.0928. The summed E-state index contributed by atoms with van der Waals surface area (Å²) in [5.74, 6) is 0.0573. The van der Waals surface area contributed by atoms with E-state index in [1.54, 1.807) is 10.6 Å². The zero-order chi connectivity index (χ0) is 29.1. The number of aromatic hydroxyl groups is 2. The molecule has 2 fully saturated rings. The van der Waals surface area contributed by atoms with Gasteiger partial charge in [-0.3, -0.25) is 14.3 Å². The van der Waals surface area contributed by atoms with E-state index < -0.39 is 0 Å². The van der Waals surface area contributed by atoms with Gasteiger partial charge in [-0.2, -0.15) is 0 Å². The number of carbonyl (C=O) groups excluding carboxylic acids is 1. The van der Waals surface area contributed by atoms with Crippen LogP contribution in [0.1, 0.15) is 35.9 Å². The number of likely N-dealkylation sites (N-methyl/N-ethyl adjacent to an activating group) is 2. The molecule has 0 radical (unpaired) electrons. The predicted octanol–water partition coefficient (Wildman–Crippen LogP) is 2.20. The van der Waals surface area contributed by atoms with Crippen LogP contribution in [0.3, 0.4) is 0 Å². The van der Waals surface area contributed by atoms with Crippen molar-refractivity contribution in [2.45, 2.75) is 19.8 Å². The molecular weight excluding hydrogens is 520 g/mol. The minimum Gasteiger partial charge on any atom is -0.508 e. The highest BCUT2D eigenvalue weighted by molar-refractivity contribution is 5.92. The van der Waals surface area contributed by atoms with Crippen molar-refractivity contribution in [3.05, 3.63) is 47.8 Å². The van der Waals surface area contributed by atoms with Crippen molar-refractivity contribution in [3.63, 3.8) is 0 Å². The fraction of sp³-hybridized carbons (Fsp3) is 0.500. The maximum absolute atomic E-state index is 13.5. The van der Waals surface area contributed by atoms with Crippen LogP contribution in [-0.2, 0) is 0 Å². The molecule has 0 saturated carbocycles. The van der Waals surface area contributed by atoms with Gasteiger partial charge in [-0.15, -0.1) is 10.2 Å². The number of aromatic nitrogens is 3. The highest BCUT2D eigenvalue weighted by Crippen LogP contribution is 2.38. The number of hydrogen-bond donors (Lipinski definition) is 3. The first-order valence-electron chi connectivity index (χ1n) is 14.5. The van der Waals surface area contributed by atoms with E-state index in [1.807, 2.05) is 26.0 Å². The third kappa shape index (κ3) is 6.47. The van der Waals surface area contributed by atoms with E-state index in [1.165, 1.54) is 6.07 Å². The van der Waals surface area contributed by atoms with Gasteiger partial charge in [-0.25, -0.2) is 0 Å². The number of amides is 1. The molecule has 0 aliphatic carbocycles. The minimum absolute atomic E-state index is 0.0192. The lowest BCUT2D eigenvalue weighted by Crippen LogP contribution is -2.47. The Hall–Kier alpha value is -3.67. The summed E-state index contributed by atoms with van der Waals surface area (Å²) in [4.78, 5) is 22.8. The molecule has 3 aromatic rings. The smallest absolute Gasteiger partial charge is 0.289 e. The van der Waals surface area contributed by atoms with E-state index in [0.29, 0.717) is 29.2 Å². The van der Waals surface area contributed by atoms with E-state index in [4.69, 9.17) is 0 Å². The van der Waals surface area contributed by atoms with Crippen molar-refractivity contribution in [1.82, 2.24) is 34.8 Å². The van der Waals surface area contributed by atoms with Crippen LogP contribution in [-0.4, -0.2) is 125 Å². The number of hydrogen-bond acceptors (Lipinski definition) is 9. The Kier molecular flexibility index (Phi) is 8.77. The van der Waals surface area contributed by atoms with Crippen molar-refractivity contribution in [1.29, 1.82) is 0 Å². The minimum atomic E-state index is -0.330. The molecule has 0 unspecified atom stereocenters. The quantitative estimate of drug-likeness (QED) is 0.380. The van der Waals surface area contributed by atoms with Crippen molar-refractivity contribution >= 4 is 11.6 Å². The highest BCUT2D eigenvalue weighted by atomic mass is 16.3. The fourth-order valence-electron chi connectivity index (χ4n) is 5.44. The van der Waals surface area contributed by atoms with Gasteiger partial charge in [0.1, 0.15) is 11.5 Å². The molecule has 0 spiro atoms. The number of benzene rings is 2. The second kappa shape index (κ2) is 12.5. The molecule has 0 atom stereocenters. The number of nitrogens with zero attached hydrogens (tertiary/aromatic N) is 7. The van der Waals surface area contributed by atoms with Crippen LogP contribution in [0.4, 0.5) is 5.69 Å². The first-order chi connectivity index (χ1) is 19.7. The SMILES string of the molecule is CC(C)c1cc(-c2nnc(C(=O)NCCN3CCN(C)CC3)n2-c2ccc(N3CCN(C)CC3)cc2)c(O)cc1O. The van der Waals surface area contributed by atoms with Crippen molar-refractivity contribution in [2.75, 3.05) is 84.4 Å². The molecule has 3 heterocycles. The molecule has 2 saturated heterocycles. The Labute approximate surface area is 242 Å². The molecule has 0 bridgehead atoms. The van der Waals surface area contributed by atoms with E-state index in [0.717, 1.165) is 64.6 Å². The average Bonchev–Trinajstić information content (AvgIpc) is 3.39. The fourth-order valence-corrected chi connectivity index (χ4v) is 5.44. The Morgan fingerprint density at radius 1 is 0.854 bits per heavy atom. The first kappa shape index (κ1) is 28.8. The van der Waals surface area contributed by atoms with E-state index >= 15 is 0 Å². The second-order valence-corrected chi connectivity index (χ2v) is 11.5. The predicted molar refractivity (Wildman–Crippen MR) is 160 cm³/mol. The van der Waals surface area contributed by atoms with Crippen LogP contribution in [0.5, 0.6) is 11.5 Å². The molecule has 5 rings (SSSR count). The Morgan fingerprint density at radius 3 is 2.10 bits per heavy atom. The summed E-state index contributed by atoms with van der Waals surface area (Å²) in [5.41, 5.74) is 2.91. The highest BCUT2D eigenvalue weighted by Gasteiger charge is 2.25. The Balaban J connectivity index is 1.45. The van der Waals surface area contributed by atoms with Crippen LogP contribution in [0, 0.1) is 0 Å². The summed E-state index contributed by atoms with van der Waals surface area (Å²) in [5, 5.41) is 33.0. The van der Waals surface area contributed by atoms with Gasteiger partial charge in [0, 0.05) is 82.9 Å². The summed E-state index contributed by atoms with van der Waals surface area (Å²) < 4.78 is 1.69. The molecule has 2 aromatic carbocycles. The largest absolute Gasteiger partial charge is 0.508 e. The molecular formula is C30H42N8O3. The third-order valence-electron chi connectivity index (χ3n) is 8.16. The molecule has 11 nitrogen and oxygen atoms in total. The normalized spacial score (nSPS) is 17.3. The van der Waals surface area contributed by atoms with Gasteiger partial charge in [0.15, 0.2) is 5.82 Å². The number of anilines is 1. The molecule has 11 heteroatoms. The van der Waals surface area contributed by atoms with Gasteiger partial charge in [0.2, 0.25) is 5.82 Å². The van der Waals surface area contributed by atoms with Crippen LogP contribution in [0.2, 0.25) is 0 Å². The monoisotopic (exact) mass is 562 g/mol. The van der Waals surface area contributed by atoms with Crippen LogP contribution >= 0.6 is 0 Å². The lowest BCUT2D eigenvalue weighted by Gasteiger charge is -2.34. The van der Waals surface area contributed by atoms with Gasteiger partial charge in [-0.1, -0.05) is 13.8 Å². The standard InChI is InChI=1S/C30H42N8O3/c1-21(2)24-19-25(27(40)20-26(24)39)28-32-33-29(30(41)31-9-10-36-15-11-34(3)12-16-36)38(28)23-7-5-22(6-8-23)37-17-13-35(4)14-18-37/h5-8,19-21,39-40H,9-18H2,1-4H3,(H,31,41). The molecule has 3 N–H and O–H groups in total. The Bertz CT molecular complexity index is 1340. The van der Waals surface area contributed by atoms with Crippen molar-refractivity contribution in [3.8, 4) is 28.6 Å². The summed E-state index contributed by atoms with van der Waals surface area (Å²) >= 11 is 0. The number of phenolic OH excluding ortho intramolecular Hbond substituents is 2. The first-order valence-corrected chi connectivity index (χ1v) is 14.5. The van der Waals surface area contributed by atoms with Gasteiger partial charge in [0.25, 0.3) is 5.91 Å². The lowest BCUT2D eigenvalue weighted by atomic mass is 9.98. The summed E-state index contributed by atoms with van der Waals surface area (Å²) in [6, 6.07) is 11.1. The van der Waals surface area contributed by atoms with Crippen molar-refractivity contribution in [2.24, 2.45) is 0 Å². The van der Waals surface area contributed by atoms with Crippen LogP contribution < -0.4 is 10.2 Å². The zero-order valence-corrected chi connectivity index (χ0v) is 24.5. The molecule has 220 valence electrons. The maximum atomic E-state index is 13.5. The summed E-state index contributed by atoms with van der Waals surface area (Å²) in [7, 11) is 4.26. The molecule has 1 amide bonds. The number of nitrogens with one attached hydrogen (secondary N) is 1. The number of piperazine rings is 2. The molecule has 41 heavy (non-hydrogen) atoms. The molecule has 2 aliphatic rings. The summed E-state index contributed by atoms with van der Waals surface area (Å²) in [6.07, 6.45) is 0. The Morgan fingerprint density at radius 2 is 1.46 bits per heavy atom. The second-order valence-electron chi connectivity index (χ2n) is 11.5. The molecule has 1 aromatic heterocycles. The van der Waals surface area contributed by atoms with E-state index in [2.05, 4.69) is 61.3 Å². The van der Waals surface area contributed by atoms with Crippen LogP contribution in [0.25, 0.3) is 17.1 Å². The van der Waals surface area contributed by atoms with Gasteiger partial charge in [-0.05, 0) is 55.9 Å². The van der Waals surface area contributed by atoms with Gasteiger partial charge < -0.3 is 30.2 Å². The molecule has 2 aliphatic heterocycles. The van der Waals surface area contributed by atoms with Crippen molar-refractivity contribution < 1.29 is 15.0 Å². The number of phenols is 2. The zero-order valence-electron chi connectivity index (χ0n) is 24.5.